The Morgan fingerprint density at radius 1 is 1.05 bits per heavy atom. The molecule has 3 saturated carbocycles. The smallest absolute Gasteiger partial charge is 0.259 e. The van der Waals surface area contributed by atoms with Crippen LogP contribution in [0, 0.1) is 11.3 Å². The molecule has 4 fully saturated rings. The van der Waals surface area contributed by atoms with Crippen LogP contribution in [0.5, 0.6) is 11.5 Å². The van der Waals surface area contributed by atoms with Crippen LogP contribution in [-0.4, -0.2) is 95.3 Å². The van der Waals surface area contributed by atoms with E-state index in [1.807, 2.05) is 36.4 Å². The molecular weight excluding hydrogens is 727 g/mol. The van der Waals surface area contributed by atoms with Crippen LogP contribution in [0.25, 0.3) is 22.2 Å². The Bertz CT molecular complexity index is 2160. The van der Waals surface area contributed by atoms with Gasteiger partial charge in [-0.05, 0) is 49.7 Å². The van der Waals surface area contributed by atoms with E-state index in [9.17, 15) is 32.7 Å². The Morgan fingerprint density at radius 3 is 2.36 bits per heavy atom. The van der Waals surface area contributed by atoms with Gasteiger partial charge in [0.05, 0.1) is 30.1 Å². The minimum absolute atomic E-state index is 0.00376. The Balaban J connectivity index is 1.22. The highest BCUT2D eigenvalue weighted by Gasteiger charge is 2.62. The molecule has 7 rings (SSSR count). The largest absolute Gasteiger partial charge is 0.497 e. The highest BCUT2D eigenvalue weighted by molar-refractivity contribution is 7.91. The lowest BCUT2D eigenvalue weighted by molar-refractivity contribution is -0.146. The summed E-state index contributed by atoms with van der Waals surface area (Å²) in [6.07, 6.45) is 2.33. The molecule has 0 spiro atoms. The van der Waals surface area contributed by atoms with E-state index in [1.54, 1.807) is 46.1 Å². The van der Waals surface area contributed by atoms with Gasteiger partial charge < -0.3 is 30.1 Å². The number of ether oxygens (including phenoxy) is 2. The number of carbonyl (C=O) groups is 4. The van der Waals surface area contributed by atoms with Gasteiger partial charge in [-0.2, -0.15) is 0 Å². The van der Waals surface area contributed by atoms with E-state index in [2.05, 4.69) is 21.9 Å². The van der Waals surface area contributed by atoms with Crippen molar-refractivity contribution in [1.82, 2.24) is 25.2 Å². The molecule has 14 nitrogen and oxygen atoms in total. The van der Waals surface area contributed by atoms with Gasteiger partial charge in [-0.15, -0.1) is 6.58 Å². The monoisotopic (exact) mass is 773 g/mol. The third-order valence-electron chi connectivity index (χ3n) is 11.0. The van der Waals surface area contributed by atoms with Gasteiger partial charge in [-0.3, -0.25) is 23.9 Å². The number of benzene rings is 2. The molecule has 2 aromatic carbocycles. The molecule has 1 saturated heterocycles. The van der Waals surface area contributed by atoms with Crippen LogP contribution in [0.3, 0.4) is 0 Å². The maximum absolute atomic E-state index is 14.6. The van der Waals surface area contributed by atoms with Gasteiger partial charge in [-0.25, -0.2) is 13.4 Å². The first-order valence-electron chi connectivity index (χ1n) is 18.5. The van der Waals surface area contributed by atoms with Gasteiger partial charge in [0.1, 0.15) is 40.8 Å². The summed E-state index contributed by atoms with van der Waals surface area (Å²) in [5.74, 6) is -2.27. The lowest BCUT2D eigenvalue weighted by atomic mass is 9.85. The number of hydrogen-bond donors (Lipinski definition) is 4. The zero-order valence-corrected chi connectivity index (χ0v) is 32.1. The van der Waals surface area contributed by atoms with E-state index in [0.29, 0.717) is 40.9 Å². The Morgan fingerprint density at radius 2 is 1.76 bits per heavy atom. The SMILES string of the molecule is C=CC1CC1(NC(=O)[C@@H]1C[C@@H](Oc2cc(-c3ccccc3)nc3cc(OC)ccc23)CN1C(=O)[C@@H](NC(=O)C1(O)CC1)C(C)(C)C)C(=O)NS(=O)(=O)C1CC1. The van der Waals surface area contributed by atoms with Crippen LogP contribution in [-0.2, 0) is 29.2 Å². The van der Waals surface area contributed by atoms with Gasteiger partial charge in [0.15, 0.2) is 0 Å². The maximum atomic E-state index is 14.6. The number of pyridine rings is 1. The fourth-order valence-corrected chi connectivity index (χ4v) is 8.52. The van der Waals surface area contributed by atoms with E-state index in [-0.39, 0.29) is 32.2 Å². The van der Waals surface area contributed by atoms with Crippen LogP contribution in [0.15, 0.2) is 67.3 Å². The molecule has 0 bridgehead atoms. The summed E-state index contributed by atoms with van der Waals surface area (Å²) in [4.78, 5) is 61.9. The van der Waals surface area contributed by atoms with Crippen molar-refractivity contribution in [2.45, 2.75) is 93.9 Å². The number of methoxy groups -OCH3 is 1. The lowest BCUT2D eigenvalue weighted by Gasteiger charge is -2.36. The number of rotatable bonds is 13. The Kier molecular flexibility index (Phi) is 9.69. The van der Waals surface area contributed by atoms with E-state index >= 15 is 0 Å². The topological polar surface area (TPSA) is 193 Å². The zero-order chi connectivity index (χ0) is 39.5. The number of aliphatic hydroxyl groups is 1. The quantitative estimate of drug-likeness (QED) is 0.188. The molecule has 292 valence electrons. The van der Waals surface area contributed by atoms with Crippen molar-refractivity contribution in [2.75, 3.05) is 13.7 Å². The first-order chi connectivity index (χ1) is 26.0. The number of carbonyl (C=O) groups excluding carboxylic acids is 4. The predicted octanol–water partition coefficient (Wildman–Crippen LogP) is 2.98. The Labute approximate surface area is 320 Å². The number of hydrogen-bond acceptors (Lipinski definition) is 10. The average Bonchev–Trinajstić information content (AvgIpc) is 4.08. The van der Waals surface area contributed by atoms with Crippen molar-refractivity contribution in [2.24, 2.45) is 11.3 Å². The normalized spacial score (nSPS) is 24.7. The molecule has 2 unspecified atom stereocenters. The van der Waals surface area contributed by atoms with Crippen molar-refractivity contribution < 1.29 is 42.2 Å². The van der Waals surface area contributed by atoms with Crippen molar-refractivity contribution in [1.29, 1.82) is 0 Å². The summed E-state index contributed by atoms with van der Waals surface area (Å²) in [5, 5.41) is 16.1. The van der Waals surface area contributed by atoms with E-state index in [4.69, 9.17) is 14.5 Å². The summed E-state index contributed by atoms with van der Waals surface area (Å²) in [6, 6.07) is 14.4. The van der Waals surface area contributed by atoms with Gasteiger partial charge in [0.25, 0.3) is 11.8 Å². The molecule has 4 amide bonds. The first-order valence-corrected chi connectivity index (χ1v) is 20.1. The van der Waals surface area contributed by atoms with Gasteiger partial charge in [0, 0.05) is 35.4 Å². The van der Waals surface area contributed by atoms with Crippen molar-refractivity contribution in [3.8, 4) is 22.8 Å². The summed E-state index contributed by atoms with van der Waals surface area (Å²) in [6.45, 7) is 9.03. The van der Waals surface area contributed by atoms with Gasteiger partial charge >= 0.3 is 0 Å². The zero-order valence-electron chi connectivity index (χ0n) is 31.3. The highest BCUT2D eigenvalue weighted by atomic mass is 32.2. The van der Waals surface area contributed by atoms with Crippen LogP contribution < -0.4 is 24.8 Å². The predicted molar refractivity (Wildman–Crippen MR) is 203 cm³/mol. The summed E-state index contributed by atoms with van der Waals surface area (Å²) in [7, 11) is -2.36. The number of aromatic nitrogens is 1. The molecule has 3 aromatic rings. The number of nitrogens with one attached hydrogen (secondary N) is 3. The second-order valence-electron chi connectivity index (χ2n) is 16.2. The van der Waals surface area contributed by atoms with Gasteiger partial charge in [-0.1, -0.05) is 57.2 Å². The molecule has 2 heterocycles. The first kappa shape index (κ1) is 38.3. The second kappa shape index (κ2) is 13.9. The summed E-state index contributed by atoms with van der Waals surface area (Å²) in [5.41, 5.74) is -1.90. The van der Waals surface area contributed by atoms with E-state index < -0.39 is 79.6 Å². The molecular formula is C40H47N5O9S. The van der Waals surface area contributed by atoms with E-state index in [0.717, 1.165) is 5.56 Å². The number of likely N-dealkylation sites (tertiary alicyclic amines) is 1. The average molecular weight is 774 g/mol. The summed E-state index contributed by atoms with van der Waals surface area (Å²) >= 11 is 0. The summed E-state index contributed by atoms with van der Waals surface area (Å²) < 4.78 is 39.8. The molecule has 15 heteroatoms. The van der Waals surface area contributed by atoms with Crippen LogP contribution in [0.4, 0.5) is 0 Å². The van der Waals surface area contributed by atoms with Crippen molar-refractivity contribution in [3.05, 3.63) is 67.3 Å². The molecule has 5 atom stereocenters. The molecule has 1 aromatic heterocycles. The number of fused-ring (bicyclic) bond motifs is 1. The molecule has 4 aliphatic rings. The molecule has 0 radical (unpaired) electrons. The number of sulfonamides is 1. The van der Waals surface area contributed by atoms with Crippen molar-refractivity contribution >= 4 is 44.6 Å². The van der Waals surface area contributed by atoms with Crippen LogP contribution in [0.1, 0.15) is 59.3 Å². The Hall–Kier alpha value is -5.02. The highest BCUT2D eigenvalue weighted by Crippen LogP contribution is 2.46. The number of nitrogens with zero attached hydrogens (tertiary/aromatic N) is 2. The fourth-order valence-electron chi connectivity index (χ4n) is 7.16. The van der Waals surface area contributed by atoms with Crippen LogP contribution in [0.2, 0.25) is 0 Å². The maximum Gasteiger partial charge on any atom is 0.259 e. The van der Waals surface area contributed by atoms with Crippen LogP contribution >= 0.6 is 0 Å². The van der Waals surface area contributed by atoms with Gasteiger partial charge in [0.2, 0.25) is 21.8 Å². The molecule has 4 N–H and O–H groups in total. The van der Waals surface area contributed by atoms with E-state index in [1.165, 1.54) is 11.0 Å². The fraction of sp³-hybridized carbons (Fsp3) is 0.475. The third-order valence-corrected chi connectivity index (χ3v) is 12.8. The third kappa shape index (κ3) is 7.64. The second-order valence-corrected chi connectivity index (χ2v) is 18.2. The minimum atomic E-state index is -3.92. The molecule has 1 aliphatic heterocycles. The minimum Gasteiger partial charge on any atom is -0.497 e. The molecule has 3 aliphatic carbocycles. The standard InChI is InChI=1S/C40H47N5O9S/c1-6-24-21-40(24,37(49)44-55(51,52)27-13-14-27)43-34(46)31-19-26(22-45(31)35(47)33(38(2,3)4)42-36(48)39(50)16-17-39)54-32-20-29(23-10-8-7-9-11-23)41-30-18-25(53-5)12-15-28(30)32/h6-12,15,18,20,24,26-27,31,33,50H,1,13-14,16-17,19,21-22H2,2-5H3,(H,42,48)(H,43,46)(H,44,49)/t24?,26-,31+,33-,40?/m1/s1. The number of amides is 4. The van der Waals surface area contributed by atoms with Crippen molar-refractivity contribution in [3.63, 3.8) is 0 Å². The molecule has 55 heavy (non-hydrogen) atoms. The lowest BCUT2D eigenvalue weighted by Crippen LogP contribution is -2.61.